The molecule has 1 aliphatic heterocycles. The van der Waals surface area contributed by atoms with Gasteiger partial charge in [0.05, 0.1) is 6.42 Å². The molecule has 8 nitrogen and oxygen atoms in total. The number of amides is 2. The number of carbonyl (C=O) groups is 3. The maximum atomic E-state index is 15.7. The molecule has 0 spiro atoms. The zero-order valence-electron chi connectivity index (χ0n) is 23.3. The quantitative estimate of drug-likeness (QED) is 0.315. The third-order valence-electron chi connectivity index (χ3n) is 8.58. The van der Waals surface area contributed by atoms with E-state index in [0.29, 0.717) is 42.1 Å². The first kappa shape index (κ1) is 28.4. The summed E-state index contributed by atoms with van der Waals surface area (Å²) in [4.78, 5) is 49.7. The van der Waals surface area contributed by atoms with Gasteiger partial charge in [0, 0.05) is 42.8 Å². The number of carboxylic acids is 1. The molecule has 2 amide bonds. The Kier molecular flexibility index (Phi) is 7.78. The summed E-state index contributed by atoms with van der Waals surface area (Å²) in [5, 5.41) is 9.08. The Balaban J connectivity index is 1.35. The van der Waals surface area contributed by atoms with E-state index in [0.717, 1.165) is 55.4 Å². The fraction of sp³-hybridized carbons (Fsp3) is 0.452. The lowest BCUT2D eigenvalue weighted by molar-refractivity contribution is -0.141. The van der Waals surface area contributed by atoms with E-state index in [1.165, 1.54) is 21.9 Å². The maximum absolute atomic E-state index is 15.7. The molecule has 6 rings (SSSR count). The summed E-state index contributed by atoms with van der Waals surface area (Å²) in [5.41, 5.74) is 2.18. The van der Waals surface area contributed by atoms with Gasteiger partial charge in [0.25, 0.3) is 0 Å². The summed E-state index contributed by atoms with van der Waals surface area (Å²) in [6, 6.07) is 5.79. The van der Waals surface area contributed by atoms with Crippen LogP contribution in [0, 0.1) is 22.8 Å². The minimum Gasteiger partial charge on any atom is -0.481 e. The second-order valence-corrected chi connectivity index (χ2v) is 12.5. The molecule has 0 radical (unpaired) electrons. The number of benzene rings is 1. The number of carbonyl (C=O) groups excluding carboxylic acids is 2. The highest BCUT2D eigenvalue weighted by Gasteiger charge is 2.40. The van der Waals surface area contributed by atoms with E-state index in [4.69, 9.17) is 0 Å². The number of hydrogen-bond acceptors (Lipinski definition) is 6. The molecular formula is C31H32F2N4O4S. The zero-order valence-corrected chi connectivity index (χ0v) is 24.1. The molecular weight excluding hydrogens is 562 g/mol. The number of pyridine rings is 1. The Morgan fingerprint density at radius 3 is 2.60 bits per heavy atom. The van der Waals surface area contributed by atoms with Gasteiger partial charge in [-0.15, -0.1) is 0 Å². The number of carboxylic acid groups (broad SMARTS) is 1. The number of aryl methyl sites for hydroxylation is 1. The fourth-order valence-electron chi connectivity index (χ4n) is 6.28. The van der Waals surface area contributed by atoms with Crippen molar-refractivity contribution in [2.75, 3.05) is 16.8 Å². The second kappa shape index (κ2) is 11.5. The van der Waals surface area contributed by atoms with Crippen LogP contribution in [0.5, 0.6) is 0 Å². The van der Waals surface area contributed by atoms with E-state index in [2.05, 4.69) is 9.97 Å². The topological polar surface area (TPSA) is 104 Å². The van der Waals surface area contributed by atoms with Crippen LogP contribution in [0.4, 0.5) is 19.7 Å². The van der Waals surface area contributed by atoms with Crippen LogP contribution in [-0.2, 0) is 20.8 Å². The molecule has 0 saturated heterocycles. The van der Waals surface area contributed by atoms with E-state index in [1.54, 1.807) is 19.3 Å². The Hall–Kier alpha value is -3.73. The predicted octanol–water partition coefficient (Wildman–Crippen LogP) is 6.23. The molecule has 2 aliphatic carbocycles. The summed E-state index contributed by atoms with van der Waals surface area (Å²) in [7, 11) is 1.67. The molecule has 2 saturated carbocycles. The molecule has 3 aliphatic rings. The van der Waals surface area contributed by atoms with Gasteiger partial charge in [0.1, 0.15) is 17.3 Å². The highest BCUT2D eigenvalue weighted by Crippen LogP contribution is 2.43. The number of hydrogen-bond donors (Lipinski definition) is 1. The highest BCUT2D eigenvalue weighted by atomic mass is 32.1. The minimum absolute atomic E-state index is 0.0223. The lowest BCUT2D eigenvalue weighted by atomic mass is 9.90. The third kappa shape index (κ3) is 5.66. The van der Waals surface area contributed by atoms with Crippen molar-refractivity contribution >= 4 is 40.1 Å². The fourth-order valence-corrected chi connectivity index (χ4v) is 7.17. The van der Waals surface area contributed by atoms with Crippen LogP contribution in [0.1, 0.15) is 63.4 Å². The maximum Gasteiger partial charge on any atom is 0.304 e. The predicted molar refractivity (Wildman–Crippen MR) is 155 cm³/mol. The van der Waals surface area contributed by atoms with Gasteiger partial charge in [-0.3, -0.25) is 24.2 Å². The average molecular weight is 595 g/mol. The van der Waals surface area contributed by atoms with E-state index in [-0.39, 0.29) is 40.7 Å². The van der Waals surface area contributed by atoms with Crippen LogP contribution in [0.3, 0.4) is 0 Å². The molecule has 1 atom stereocenters. The molecule has 220 valence electrons. The molecule has 42 heavy (non-hydrogen) atoms. The first-order valence-electron chi connectivity index (χ1n) is 14.5. The van der Waals surface area contributed by atoms with Crippen molar-refractivity contribution in [1.82, 2.24) is 9.97 Å². The van der Waals surface area contributed by atoms with Gasteiger partial charge in [-0.25, -0.2) is 14.4 Å². The van der Waals surface area contributed by atoms with Crippen molar-refractivity contribution in [2.24, 2.45) is 11.8 Å². The van der Waals surface area contributed by atoms with E-state index in [1.807, 2.05) is 6.07 Å². The number of aliphatic carboxylic acids is 1. The zero-order chi connectivity index (χ0) is 29.5. The van der Waals surface area contributed by atoms with Crippen LogP contribution >= 0.6 is 11.3 Å². The lowest BCUT2D eigenvalue weighted by Gasteiger charge is -2.26. The lowest BCUT2D eigenvalue weighted by Crippen LogP contribution is -2.39. The first-order valence-corrected chi connectivity index (χ1v) is 15.3. The summed E-state index contributed by atoms with van der Waals surface area (Å²) in [5.74, 6) is -1.79. The number of rotatable bonds is 9. The summed E-state index contributed by atoms with van der Waals surface area (Å²) in [6.07, 6.45) is 8.25. The molecule has 1 aromatic carbocycles. The standard InChI is InChI=1S/C31H32F2N4O4S/c1-36-25(38)11-6-18-13-20(16-34-29(18)36)23-10-7-21(32)15-24(23)27-28(33)42-31(35-27)37(22-8-9-22)30(41)19(14-26(39)40)12-17-4-2-3-5-17/h7,10,13,15-17,19,22H,2-6,8-9,11-12,14H2,1H3,(H,39,40)/t19-/m1/s1. The summed E-state index contributed by atoms with van der Waals surface area (Å²) >= 11 is 0.724. The van der Waals surface area contributed by atoms with Crippen molar-refractivity contribution in [3.63, 3.8) is 0 Å². The number of halogens is 2. The van der Waals surface area contributed by atoms with Crippen LogP contribution in [0.25, 0.3) is 22.4 Å². The Bertz CT molecular complexity index is 1550. The van der Waals surface area contributed by atoms with Gasteiger partial charge in [0.2, 0.25) is 16.9 Å². The number of thiazole rings is 1. The molecule has 0 bridgehead atoms. The number of aromatic nitrogens is 2. The molecule has 2 fully saturated rings. The normalized spacial score (nSPS) is 17.8. The van der Waals surface area contributed by atoms with Crippen LogP contribution in [0.15, 0.2) is 30.5 Å². The molecule has 3 aromatic rings. The van der Waals surface area contributed by atoms with E-state index < -0.39 is 22.8 Å². The van der Waals surface area contributed by atoms with E-state index in [9.17, 15) is 23.9 Å². The number of fused-ring (bicyclic) bond motifs is 1. The Morgan fingerprint density at radius 1 is 1.12 bits per heavy atom. The molecule has 11 heteroatoms. The molecule has 3 heterocycles. The highest BCUT2D eigenvalue weighted by molar-refractivity contribution is 7.14. The van der Waals surface area contributed by atoms with Gasteiger partial charge in [-0.1, -0.05) is 43.1 Å². The van der Waals surface area contributed by atoms with Crippen molar-refractivity contribution < 1.29 is 28.3 Å². The van der Waals surface area contributed by atoms with Crippen LogP contribution in [-0.4, -0.2) is 45.9 Å². The van der Waals surface area contributed by atoms with Crippen molar-refractivity contribution in [1.29, 1.82) is 0 Å². The first-order chi connectivity index (χ1) is 20.2. The largest absolute Gasteiger partial charge is 0.481 e. The number of anilines is 2. The Morgan fingerprint density at radius 2 is 1.88 bits per heavy atom. The van der Waals surface area contributed by atoms with Gasteiger partial charge in [-0.2, -0.15) is 4.39 Å². The van der Waals surface area contributed by atoms with Crippen molar-refractivity contribution in [3.05, 3.63) is 47.0 Å². The molecule has 0 unspecified atom stereocenters. The Labute approximate surface area is 246 Å². The van der Waals surface area contributed by atoms with Crippen LogP contribution in [0.2, 0.25) is 0 Å². The number of nitrogens with zero attached hydrogens (tertiary/aromatic N) is 4. The van der Waals surface area contributed by atoms with E-state index >= 15 is 4.39 Å². The van der Waals surface area contributed by atoms with Crippen LogP contribution < -0.4 is 9.80 Å². The monoisotopic (exact) mass is 594 g/mol. The van der Waals surface area contributed by atoms with Gasteiger partial charge in [0.15, 0.2) is 5.13 Å². The SMILES string of the molecule is CN1C(=O)CCc2cc(-c3ccc(F)cc3-c3nc(N(C(=O)[C@@H](CC(=O)O)CC4CCCC4)C4CC4)sc3F)cnc21. The molecule has 1 N–H and O–H groups in total. The average Bonchev–Trinajstić information content (AvgIpc) is 3.51. The summed E-state index contributed by atoms with van der Waals surface area (Å²) in [6.45, 7) is 0. The van der Waals surface area contributed by atoms with Gasteiger partial charge in [-0.05, 0) is 60.9 Å². The smallest absolute Gasteiger partial charge is 0.304 e. The van der Waals surface area contributed by atoms with Gasteiger partial charge >= 0.3 is 5.97 Å². The van der Waals surface area contributed by atoms with Crippen molar-refractivity contribution in [2.45, 2.75) is 70.3 Å². The van der Waals surface area contributed by atoms with Gasteiger partial charge < -0.3 is 5.11 Å². The molecule has 2 aromatic heterocycles. The third-order valence-corrected chi connectivity index (χ3v) is 9.43. The van der Waals surface area contributed by atoms with Crippen molar-refractivity contribution in [3.8, 4) is 22.4 Å². The minimum atomic E-state index is -1.04. The summed E-state index contributed by atoms with van der Waals surface area (Å²) < 4.78 is 30.3. The second-order valence-electron chi connectivity index (χ2n) is 11.6.